The molecular formula is C16H19FN2O4S. The van der Waals surface area contributed by atoms with Gasteiger partial charge in [-0.3, -0.25) is 9.52 Å². The molecule has 24 heavy (non-hydrogen) atoms. The van der Waals surface area contributed by atoms with Crippen LogP contribution in [-0.2, 0) is 0 Å². The van der Waals surface area contributed by atoms with Crippen molar-refractivity contribution in [2.24, 2.45) is 5.41 Å². The maximum atomic E-state index is 13.9. The molecular weight excluding hydrogens is 335 g/mol. The molecule has 0 bridgehead atoms. The van der Waals surface area contributed by atoms with E-state index in [0.717, 1.165) is 25.2 Å². The minimum absolute atomic E-state index is 0.00858. The fraction of sp³-hybridized carbons (Fsp3) is 0.500. The van der Waals surface area contributed by atoms with Crippen molar-refractivity contribution in [3.8, 4) is 5.75 Å². The predicted octanol–water partition coefficient (Wildman–Crippen LogP) is 2.70. The van der Waals surface area contributed by atoms with E-state index in [1.165, 1.54) is 31.4 Å². The Balaban J connectivity index is 1.66. The predicted molar refractivity (Wildman–Crippen MR) is 87.4 cm³/mol. The summed E-state index contributed by atoms with van der Waals surface area (Å²) in [5.74, 6) is -2.80. The summed E-state index contributed by atoms with van der Waals surface area (Å²) >= 11 is 1.20. The van der Waals surface area contributed by atoms with Crippen LogP contribution in [0.1, 0.15) is 46.9 Å². The van der Waals surface area contributed by atoms with Gasteiger partial charge in [-0.05, 0) is 37.3 Å². The van der Waals surface area contributed by atoms with E-state index in [0.29, 0.717) is 5.41 Å². The molecule has 8 heteroatoms. The Labute approximate surface area is 143 Å². The van der Waals surface area contributed by atoms with E-state index in [-0.39, 0.29) is 17.9 Å². The van der Waals surface area contributed by atoms with Crippen LogP contribution in [0.5, 0.6) is 5.75 Å². The summed E-state index contributed by atoms with van der Waals surface area (Å²) in [6.45, 7) is 3.84. The largest absolute Gasteiger partial charge is 0.493 e. The quantitative estimate of drug-likeness (QED) is 0.765. The first-order chi connectivity index (χ1) is 11.4. The first-order valence-electron chi connectivity index (χ1n) is 7.86. The molecule has 1 aromatic rings. The first-order valence-corrected chi connectivity index (χ1v) is 8.63. The number of ether oxygens (including phenoxy) is 1. The van der Waals surface area contributed by atoms with Crippen LogP contribution in [0.3, 0.4) is 0 Å². The second-order valence-electron chi connectivity index (χ2n) is 6.24. The van der Waals surface area contributed by atoms with E-state index in [1.807, 2.05) is 0 Å². The monoisotopic (exact) mass is 354 g/mol. The van der Waals surface area contributed by atoms with Crippen LogP contribution >= 0.6 is 12.1 Å². The van der Waals surface area contributed by atoms with Crippen molar-refractivity contribution >= 4 is 24.0 Å². The molecule has 0 atom stereocenters. The van der Waals surface area contributed by atoms with Crippen molar-refractivity contribution < 1.29 is 23.8 Å². The summed E-state index contributed by atoms with van der Waals surface area (Å²) in [5.41, 5.74) is -0.0771. The van der Waals surface area contributed by atoms with Gasteiger partial charge in [0, 0.05) is 25.2 Å². The van der Waals surface area contributed by atoms with E-state index >= 15 is 0 Å². The van der Waals surface area contributed by atoms with Gasteiger partial charge in [0.2, 0.25) is 0 Å². The number of carboxylic acid groups (broad SMARTS) is 1. The summed E-state index contributed by atoms with van der Waals surface area (Å²) < 4.78 is 23.9. The highest BCUT2D eigenvalue weighted by atomic mass is 32.2. The van der Waals surface area contributed by atoms with Gasteiger partial charge in [-0.25, -0.2) is 13.5 Å². The topological polar surface area (TPSA) is 78.9 Å². The maximum Gasteiger partial charge on any atom is 0.338 e. The Kier molecular flexibility index (Phi) is 4.69. The Morgan fingerprint density at radius 2 is 2.08 bits per heavy atom. The van der Waals surface area contributed by atoms with E-state index < -0.39 is 23.3 Å². The minimum atomic E-state index is -1.40. The molecule has 1 heterocycles. The van der Waals surface area contributed by atoms with Crippen LogP contribution in [0, 0.1) is 11.2 Å². The van der Waals surface area contributed by atoms with Gasteiger partial charge in [-0.2, -0.15) is 0 Å². The molecule has 1 saturated heterocycles. The van der Waals surface area contributed by atoms with Crippen LogP contribution < -0.4 is 9.46 Å². The minimum Gasteiger partial charge on any atom is -0.493 e. The molecule has 3 rings (SSSR count). The molecule has 6 nitrogen and oxygen atoms in total. The maximum absolute atomic E-state index is 13.9. The van der Waals surface area contributed by atoms with Crippen molar-refractivity contribution in [1.29, 1.82) is 0 Å². The zero-order chi connectivity index (χ0) is 17.3. The summed E-state index contributed by atoms with van der Waals surface area (Å²) in [7, 11) is 0. The molecule has 2 fully saturated rings. The number of hydrogen-bond donors (Lipinski definition) is 2. The number of hydrogen-bond acceptors (Lipinski definition) is 5. The summed E-state index contributed by atoms with van der Waals surface area (Å²) in [6.07, 6.45) is 3.76. The Morgan fingerprint density at radius 1 is 1.38 bits per heavy atom. The molecule has 2 aliphatic rings. The van der Waals surface area contributed by atoms with Crippen LogP contribution in [0.15, 0.2) is 12.1 Å². The van der Waals surface area contributed by atoms with Gasteiger partial charge in [0.25, 0.3) is 5.91 Å². The molecule has 1 spiro atoms. The molecule has 130 valence electrons. The van der Waals surface area contributed by atoms with E-state index in [9.17, 15) is 14.0 Å². The van der Waals surface area contributed by atoms with Crippen molar-refractivity contribution in [2.45, 2.75) is 26.2 Å². The van der Waals surface area contributed by atoms with Crippen molar-refractivity contribution in [3.63, 3.8) is 0 Å². The van der Waals surface area contributed by atoms with Gasteiger partial charge in [0.15, 0.2) is 0 Å². The highest BCUT2D eigenvalue weighted by molar-refractivity contribution is 7.95. The van der Waals surface area contributed by atoms with Gasteiger partial charge in [0.1, 0.15) is 11.6 Å². The third-order valence-electron chi connectivity index (χ3n) is 4.55. The summed E-state index contributed by atoms with van der Waals surface area (Å²) in [6, 6.07) is 1.96. The highest BCUT2D eigenvalue weighted by Crippen LogP contribution is 2.49. The van der Waals surface area contributed by atoms with E-state index in [4.69, 9.17) is 9.84 Å². The lowest BCUT2D eigenvalue weighted by atomic mass is 9.65. The Hall–Kier alpha value is -1.80. The molecule has 0 aromatic heterocycles. The molecule has 1 aliphatic carbocycles. The summed E-state index contributed by atoms with van der Waals surface area (Å²) in [4.78, 5) is 23.3. The lowest BCUT2D eigenvalue weighted by molar-refractivity contribution is -0.00196. The smallest absolute Gasteiger partial charge is 0.338 e. The van der Waals surface area contributed by atoms with Crippen molar-refractivity contribution in [3.05, 3.63) is 29.1 Å². The Morgan fingerprint density at radius 3 is 2.62 bits per heavy atom. The van der Waals surface area contributed by atoms with E-state index in [1.54, 1.807) is 6.92 Å². The van der Waals surface area contributed by atoms with Gasteiger partial charge >= 0.3 is 5.97 Å². The molecule has 1 aromatic carbocycles. The van der Waals surface area contributed by atoms with Gasteiger partial charge in [-0.1, -0.05) is 6.42 Å². The number of halogens is 1. The summed E-state index contributed by atoms with van der Waals surface area (Å²) in [5, 5.41) is 8.97. The molecule has 0 radical (unpaired) electrons. The van der Waals surface area contributed by atoms with Crippen LogP contribution in [0.4, 0.5) is 4.39 Å². The number of nitrogens with zero attached hydrogens (tertiary/aromatic N) is 1. The van der Waals surface area contributed by atoms with Gasteiger partial charge in [0.05, 0.1) is 17.7 Å². The average Bonchev–Trinajstić information content (AvgIpc) is 2.45. The average molecular weight is 354 g/mol. The third kappa shape index (κ3) is 3.21. The molecule has 1 amide bonds. The Bertz CT molecular complexity index is 670. The highest BCUT2D eigenvalue weighted by Gasteiger charge is 2.47. The third-order valence-corrected chi connectivity index (χ3v) is 5.34. The first kappa shape index (κ1) is 17.0. The van der Waals surface area contributed by atoms with Gasteiger partial charge in [-0.15, -0.1) is 0 Å². The normalized spacial score (nSPS) is 18.6. The lowest BCUT2D eigenvalue weighted by Gasteiger charge is -2.54. The fourth-order valence-corrected chi connectivity index (χ4v) is 4.09. The standard InChI is InChI=1S/C16H19FN2O4S/c1-2-23-13-7-10(15(21)22)12(17)6-11(13)14(20)18-24-19-8-16(9-19)4-3-5-16/h6-7H,2-5,8-9H2,1H3,(H,18,20)(H,21,22). The zero-order valence-electron chi connectivity index (χ0n) is 13.3. The van der Waals surface area contributed by atoms with Crippen LogP contribution in [0.25, 0.3) is 0 Å². The molecule has 2 N–H and O–H groups in total. The lowest BCUT2D eigenvalue weighted by Crippen LogP contribution is -2.57. The number of aromatic carboxylic acids is 1. The molecule has 1 saturated carbocycles. The second-order valence-corrected chi connectivity index (χ2v) is 7.14. The SMILES string of the molecule is CCOc1cc(C(=O)O)c(F)cc1C(=O)NSN1CC2(CCC2)C1. The number of benzene rings is 1. The number of carbonyl (C=O) groups excluding carboxylic acids is 1. The van der Waals surface area contributed by atoms with Gasteiger partial charge < -0.3 is 9.84 Å². The zero-order valence-corrected chi connectivity index (χ0v) is 14.1. The van der Waals surface area contributed by atoms with Crippen molar-refractivity contribution in [1.82, 2.24) is 9.03 Å². The number of amides is 1. The van der Waals surface area contributed by atoms with Crippen LogP contribution in [0.2, 0.25) is 0 Å². The molecule has 0 unspecified atom stereocenters. The van der Waals surface area contributed by atoms with E-state index in [2.05, 4.69) is 9.03 Å². The van der Waals surface area contributed by atoms with Crippen LogP contribution in [-0.4, -0.2) is 41.0 Å². The molecule has 1 aliphatic heterocycles. The second kappa shape index (κ2) is 6.60. The number of carbonyl (C=O) groups is 2. The number of rotatable bonds is 6. The fourth-order valence-electron chi connectivity index (χ4n) is 3.09. The number of nitrogens with one attached hydrogen (secondary N) is 1. The number of carboxylic acids is 1. The van der Waals surface area contributed by atoms with Crippen molar-refractivity contribution in [2.75, 3.05) is 19.7 Å².